The van der Waals surface area contributed by atoms with Crippen LogP contribution in [-0.2, 0) is 10.0 Å². The number of imide groups is 1. The molecule has 0 bridgehead atoms. The molecule has 2 aliphatic heterocycles. The van der Waals surface area contributed by atoms with Gasteiger partial charge in [-0.2, -0.15) is 5.26 Å². The summed E-state index contributed by atoms with van der Waals surface area (Å²) in [4.78, 5) is 27.9. The average molecular weight is 410 g/mol. The van der Waals surface area contributed by atoms with Crippen molar-refractivity contribution < 1.29 is 18.0 Å². The summed E-state index contributed by atoms with van der Waals surface area (Å²) in [5.41, 5.74) is 0.695. The number of sulfonamides is 1. The maximum Gasteiger partial charge on any atom is 0.261 e. The molecule has 1 saturated heterocycles. The summed E-state index contributed by atoms with van der Waals surface area (Å²) >= 11 is 0. The number of rotatable bonds is 5. The van der Waals surface area contributed by atoms with E-state index in [1.165, 1.54) is 17.0 Å². The van der Waals surface area contributed by atoms with Gasteiger partial charge in [0.25, 0.3) is 11.8 Å². The van der Waals surface area contributed by atoms with Crippen LogP contribution < -0.4 is 4.72 Å². The van der Waals surface area contributed by atoms with Crippen LogP contribution in [0, 0.1) is 11.5 Å². The van der Waals surface area contributed by atoms with E-state index in [-0.39, 0.29) is 18.0 Å². The molecule has 0 aliphatic carbocycles. The largest absolute Gasteiger partial charge is 0.304 e. The molecule has 1 fully saturated rings. The Morgan fingerprint density at radius 1 is 1.00 bits per heavy atom. The van der Waals surface area contributed by atoms with E-state index in [9.17, 15) is 23.3 Å². The third-order valence-corrected chi connectivity index (χ3v) is 6.73. The highest BCUT2D eigenvalue weighted by Gasteiger charge is 2.41. The number of hydrogen-bond donors (Lipinski definition) is 1. The highest BCUT2D eigenvalue weighted by Crippen LogP contribution is 2.26. The highest BCUT2D eigenvalue weighted by atomic mass is 32.2. The summed E-state index contributed by atoms with van der Waals surface area (Å²) in [7, 11) is -3.72. The number of amides is 2. The predicted octanol–water partition coefficient (Wildman–Crippen LogP) is 1.19. The fourth-order valence-electron chi connectivity index (χ4n) is 3.80. The molecular formula is C20H18N4O4S. The van der Waals surface area contributed by atoms with E-state index in [0.29, 0.717) is 17.5 Å². The van der Waals surface area contributed by atoms with Crippen molar-refractivity contribution in [3.8, 4) is 6.19 Å². The smallest absolute Gasteiger partial charge is 0.261 e. The van der Waals surface area contributed by atoms with Crippen LogP contribution in [0.1, 0.15) is 27.1 Å². The van der Waals surface area contributed by atoms with Gasteiger partial charge in [-0.1, -0.05) is 30.3 Å². The monoisotopic (exact) mass is 410 g/mol. The number of benzene rings is 2. The maximum absolute atomic E-state index is 12.6. The summed E-state index contributed by atoms with van der Waals surface area (Å²) in [5, 5.41) is 9.46. The fraction of sp³-hybridized carbons (Fsp3) is 0.250. The first kappa shape index (κ1) is 19.1. The summed E-state index contributed by atoms with van der Waals surface area (Å²) < 4.78 is 27.7. The zero-order valence-electron chi connectivity index (χ0n) is 15.4. The van der Waals surface area contributed by atoms with Gasteiger partial charge >= 0.3 is 0 Å². The Balaban J connectivity index is 1.48. The van der Waals surface area contributed by atoms with Crippen molar-refractivity contribution in [3.05, 3.63) is 65.7 Å². The molecule has 0 saturated carbocycles. The second kappa shape index (κ2) is 7.31. The zero-order chi connectivity index (χ0) is 20.6. The number of hydrogen-bond acceptors (Lipinski definition) is 6. The number of carbonyl (C=O) groups is 2. The van der Waals surface area contributed by atoms with Crippen LogP contribution in [0.5, 0.6) is 0 Å². The van der Waals surface area contributed by atoms with Gasteiger partial charge in [0.2, 0.25) is 10.0 Å². The third-order valence-electron chi connectivity index (χ3n) is 5.19. The minimum absolute atomic E-state index is 0.0312. The van der Waals surface area contributed by atoms with Gasteiger partial charge in [0.15, 0.2) is 6.19 Å². The Labute approximate surface area is 168 Å². The van der Waals surface area contributed by atoms with E-state index >= 15 is 0 Å². The zero-order valence-corrected chi connectivity index (χ0v) is 16.2. The van der Waals surface area contributed by atoms with Crippen LogP contribution in [0.3, 0.4) is 0 Å². The van der Waals surface area contributed by atoms with Gasteiger partial charge in [-0.25, -0.2) is 13.1 Å². The molecule has 2 aliphatic rings. The minimum Gasteiger partial charge on any atom is -0.304 e. The first-order valence-corrected chi connectivity index (χ1v) is 10.6. The molecule has 2 aromatic rings. The van der Waals surface area contributed by atoms with Crippen LogP contribution >= 0.6 is 0 Å². The van der Waals surface area contributed by atoms with Crippen molar-refractivity contribution in [3.63, 3.8) is 0 Å². The third kappa shape index (κ3) is 3.48. The molecule has 0 spiro atoms. The molecule has 2 heterocycles. The summed E-state index contributed by atoms with van der Waals surface area (Å²) in [6.07, 6.45) is 2.36. The Bertz CT molecular complexity index is 1080. The molecule has 8 nitrogen and oxygen atoms in total. The molecule has 29 heavy (non-hydrogen) atoms. The number of nitriles is 1. The van der Waals surface area contributed by atoms with E-state index in [0.717, 1.165) is 4.90 Å². The van der Waals surface area contributed by atoms with E-state index in [4.69, 9.17) is 0 Å². The lowest BCUT2D eigenvalue weighted by molar-refractivity contribution is 0.0624. The van der Waals surface area contributed by atoms with Crippen LogP contribution in [0.4, 0.5) is 0 Å². The van der Waals surface area contributed by atoms with Crippen molar-refractivity contribution in [2.45, 2.75) is 23.4 Å². The van der Waals surface area contributed by atoms with Gasteiger partial charge in [-0.3, -0.25) is 14.5 Å². The standard InChI is InChI=1S/C20H18N4O4S/c21-13-23-11-14(22-29(27,28)16-6-2-1-3-7-16)10-15(23)12-24-19(25)17-8-4-5-9-18(17)20(24)26/h1-9,14-15,22H,10-12H2/t14-,15-/m1/s1. The Morgan fingerprint density at radius 2 is 1.59 bits per heavy atom. The fourth-order valence-corrected chi connectivity index (χ4v) is 5.06. The van der Waals surface area contributed by atoms with Crippen LogP contribution in [0.2, 0.25) is 0 Å². The highest BCUT2D eigenvalue weighted by molar-refractivity contribution is 7.89. The van der Waals surface area contributed by atoms with E-state index in [1.807, 2.05) is 6.19 Å². The summed E-state index contributed by atoms with van der Waals surface area (Å²) in [5.74, 6) is -0.784. The van der Waals surface area contributed by atoms with Gasteiger partial charge in [0, 0.05) is 12.6 Å². The Morgan fingerprint density at radius 3 is 2.17 bits per heavy atom. The van der Waals surface area contributed by atoms with Crippen molar-refractivity contribution in [1.29, 1.82) is 5.26 Å². The molecule has 2 atom stereocenters. The van der Waals surface area contributed by atoms with E-state index in [1.54, 1.807) is 42.5 Å². The normalized spacial score (nSPS) is 21.3. The van der Waals surface area contributed by atoms with Crippen LogP contribution in [-0.4, -0.2) is 55.2 Å². The van der Waals surface area contributed by atoms with Gasteiger partial charge in [0.05, 0.1) is 28.6 Å². The average Bonchev–Trinajstić information content (AvgIpc) is 3.22. The van der Waals surface area contributed by atoms with Crippen molar-refractivity contribution in [2.24, 2.45) is 0 Å². The maximum atomic E-state index is 12.6. The van der Waals surface area contributed by atoms with E-state index in [2.05, 4.69) is 4.72 Å². The van der Waals surface area contributed by atoms with Crippen LogP contribution in [0.15, 0.2) is 59.5 Å². The molecule has 2 amide bonds. The lowest BCUT2D eigenvalue weighted by Gasteiger charge is -2.23. The second-order valence-electron chi connectivity index (χ2n) is 7.04. The Kier molecular flexibility index (Phi) is 4.82. The summed E-state index contributed by atoms with van der Waals surface area (Å²) in [6.45, 7) is 0.208. The molecular weight excluding hydrogens is 392 g/mol. The van der Waals surface area contributed by atoms with Crippen molar-refractivity contribution in [2.75, 3.05) is 13.1 Å². The van der Waals surface area contributed by atoms with E-state index < -0.39 is 33.9 Å². The molecule has 2 aromatic carbocycles. The number of carbonyl (C=O) groups excluding carboxylic acids is 2. The van der Waals surface area contributed by atoms with Crippen molar-refractivity contribution >= 4 is 21.8 Å². The lowest BCUT2D eigenvalue weighted by atomic mass is 10.1. The first-order chi connectivity index (χ1) is 13.9. The van der Waals surface area contributed by atoms with Gasteiger partial charge in [0.1, 0.15) is 0 Å². The quantitative estimate of drug-likeness (QED) is 0.586. The Hall–Kier alpha value is -3.22. The summed E-state index contributed by atoms with van der Waals surface area (Å²) in [6, 6.07) is 13.6. The molecule has 9 heteroatoms. The predicted molar refractivity (Wildman–Crippen MR) is 103 cm³/mol. The molecule has 0 radical (unpaired) electrons. The number of fused-ring (bicyclic) bond motifs is 1. The number of likely N-dealkylation sites (tertiary alicyclic amines) is 1. The number of nitrogens with zero attached hydrogens (tertiary/aromatic N) is 3. The number of nitrogens with one attached hydrogen (secondary N) is 1. The molecule has 0 aromatic heterocycles. The topological polar surface area (TPSA) is 111 Å². The van der Waals surface area contributed by atoms with Gasteiger partial charge in [-0.05, 0) is 30.7 Å². The van der Waals surface area contributed by atoms with Gasteiger partial charge < -0.3 is 4.90 Å². The van der Waals surface area contributed by atoms with Crippen molar-refractivity contribution in [1.82, 2.24) is 14.5 Å². The second-order valence-corrected chi connectivity index (χ2v) is 8.75. The first-order valence-electron chi connectivity index (χ1n) is 9.09. The molecule has 0 unspecified atom stereocenters. The molecule has 1 N–H and O–H groups in total. The van der Waals surface area contributed by atoms with Gasteiger partial charge in [-0.15, -0.1) is 0 Å². The lowest BCUT2D eigenvalue weighted by Crippen LogP contribution is -2.41. The molecule has 4 rings (SSSR count). The molecule has 148 valence electrons. The minimum atomic E-state index is -3.72. The SMILES string of the molecule is N#CN1C[C@H](NS(=O)(=O)c2ccccc2)C[C@@H]1CN1C(=O)c2ccccc2C1=O. The van der Waals surface area contributed by atoms with Crippen LogP contribution in [0.25, 0.3) is 0 Å².